The number of hydrogen-bond acceptors (Lipinski definition) is 4. The molecule has 1 rings (SSSR count). The van der Waals surface area contributed by atoms with Crippen LogP contribution in [0.2, 0.25) is 0 Å². The van der Waals surface area contributed by atoms with Crippen molar-refractivity contribution in [3.05, 3.63) is 36.2 Å². The fourth-order valence-electron chi connectivity index (χ4n) is 1.94. The van der Waals surface area contributed by atoms with Gasteiger partial charge in [-0.3, -0.25) is 0 Å². The highest BCUT2D eigenvalue weighted by atomic mass is 19.4. The zero-order chi connectivity index (χ0) is 17.8. The van der Waals surface area contributed by atoms with Gasteiger partial charge in [0, 0.05) is 12.0 Å². The lowest BCUT2D eigenvalue weighted by Crippen LogP contribution is -2.53. The van der Waals surface area contributed by atoms with Crippen molar-refractivity contribution in [2.45, 2.75) is 25.1 Å². The van der Waals surface area contributed by atoms with Gasteiger partial charge in [-0.2, -0.15) is 13.2 Å². The van der Waals surface area contributed by atoms with Gasteiger partial charge in [0.25, 0.3) is 5.60 Å². The molecule has 4 nitrogen and oxygen atoms in total. The quantitative estimate of drug-likeness (QED) is 0.641. The number of methoxy groups -OCH3 is 1. The Morgan fingerprint density at radius 3 is 2.43 bits per heavy atom. The average Bonchev–Trinajstić information content (AvgIpc) is 2.45. The van der Waals surface area contributed by atoms with Crippen LogP contribution in [-0.2, 0) is 9.53 Å². The van der Waals surface area contributed by atoms with E-state index in [1.165, 1.54) is 19.1 Å². The van der Waals surface area contributed by atoms with E-state index in [-0.39, 0.29) is 23.5 Å². The molecule has 1 N–H and O–H groups in total. The Kier molecular flexibility index (Phi) is 5.76. The van der Waals surface area contributed by atoms with Gasteiger partial charge in [0.1, 0.15) is 0 Å². The minimum atomic E-state index is -5.29. The van der Waals surface area contributed by atoms with Crippen molar-refractivity contribution in [1.29, 1.82) is 0 Å². The summed E-state index contributed by atoms with van der Waals surface area (Å²) >= 11 is 0. The topological polar surface area (TPSA) is 55.8 Å². The number of carbonyl (C=O) groups is 1. The Morgan fingerprint density at radius 2 is 1.96 bits per heavy atom. The molecule has 0 amide bonds. The fraction of sp³-hybridized carbons (Fsp3) is 0.400. The number of ether oxygens (including phenoxy) is 2. The molecule has 0 bridgehead atoms. The molecule has 23 heavy (non-hydrogen) atoms. The van der Waals surface area contributed by atoms with Crippen LogP contribution in [0.5, 0.6) is 5.75 Å². The van der Waals surface area contributed by atoms with E-state index in [1.54, 1.807) is 0 Å². The number of para-hydroxylation sites is 1. The first-order valence-corrected chi connectivity index (χ1v) is 6.55. The molecule has 1 atom stereocenters. The third-order valence-electron chi connectivity index (χ3n) is 3.10. The molecule has 0 aliphatic carbocycles. The van der Waals surface area contributed by atoms with Gasteiger partial charge in [0.05, 0.1) is 13.7 Å². The van der Waals surface area contributed by atoms with E-state index in [0.29, 0.717) is 0 Å². The largest absolute Gasteiger partial charge is 0.493 e. The van der Waals surface area contributed by atoms with Crippen molar-refractivity contribution in [1.82, 2.24) is 0 Å². The summed E-state index contributed by atoms with van der Waals surface area (Å²) in [4.78, 5) is 11.6. The van der Waals surface area contributed by atoms with E-state index < -0.39 is 30.0 Å². The van der Waals surface area contributed by atoms with E-state index in [1.807, 2.05) is 0 Å². The van der Waals surface area contributed by atoms with E-state index >= 15 is 0 Å². The van der Waals surface area contributed by atoms with Crippen LogP contribution in [0, 0.1) is 5.82 Å². The summed E-state index contributed by atoms with van der Waals surface area (Å²) in [5.74, 6) is -2.98. The van der Waals surface area contributed by atoms with Gasteiger partial charge in [-0.25, -0.2) is 9.18 Å². The maximum Gasteiger partial charge on any atom is 0.428 e. The van der Waals surface area contributed by atoms with Crippen molar-refractivity contribution in [3.63, 3.8) is 0 Å². The van der Waals surface area contributed by atoms with Crippen LogP contribution in [0.3, 0.4) is 0 Å². The van der Waals surface area contributed by atoms with Crippen molar-refractivity contribution >= 4 is 11.5 Å². The molecule has 0 aliphatic rings. The summed E-state index contributed by atoms with van der Waals surface area (Å²) in [6, 6.07) is 3.57. The molecule has 0 saturated carbocycles. The molecule has 0 saturated heterocycles. The summed E-state index contributed by atoms with van der Waals surface area (Å²) in [5, 5.41) is 9.82. The Balaban J connectivity index is 3.23. The highest BCUT2D eigenvalue weighted by Crippen LogP contribution is 2.40. The molecule has 1 unspecified atom stereocenters. The number of carbonyl (C=O) groups excluding carboxylic acids is 1. The van der Waals surface area contributed by atoms with Crippen molar-refractivity contribution in [2.24, 2.45) is 0 Å². The molecular weight excluding hydrogens is 320 g/mol. The monoisotopic (exact) mass is 336 g/mol. The number of hydrogen-bond donors (Lipinski definition) is 1. The van der Waals surface area contributed by atoms with E-state index in [4.69, 9.17) is 4.74 Å². The highest BCUT2D eigenvalue weighted by molar-refractivity contribution is 5.84. The minimum Gasteiger partial charge on any atom is -0.493 e. The molecule has 1 aromatic carbocycles. The van der Waals surface area contributed by atoms with Crippen LogP contribution >= 0.6 is 0 Å². The molecule has 128 valence electrons. The minimum absolute atomic E-state index is 0.0838. The van der Waals surface area contributed by atoms with Crippen LogP contribution in [0.15, 0.2) is 24.8 Å². The SMILES string of the molecule is C=C(CC(O)(C(=O)OCC)C(F)(F)F)c1cccc(F)c1OC. The van der Waals surface area contributed by atoms with Gasteiger partial charge >= 0.3 is 12.1 Å². The predicted octanol–water partition coefficient (Wildman–Crippen LogP) is 3.09. The van der Waals surface area contributed by atoms with Crippen LogP contribution in [0.4, 0.5) is 17.6 Å². The van der Waals surface area contributed by atoms with Gasteiger partial charge in [0.2, 0.25) is 0 Å². The second kappa shape index (κ2) is 6.99. The molecule has 0 aromatic heterocycles. The van der Waals surface area contributed by atoms with Crippen LogP contribution in [0.25, 0.3) is 5.57 Å². The maximum absolute atomic E-state index is 13.6. The van der Waals surface area contributed by atoms with Gasteiger partial charge in [0.15, 0.2) is 11.6 Å². The maximum atomic E-state index is 13.6. The summed E-state index contributed by atoms with van der Waals surface area (Å²) in [7, 11) is 1.14. The van der Waals surface area contributed by atoms with Gasteiger partial charge in [-0.1, -0.05) is 18.7 Å². The lowest BCUT2D eigenvalue weighted by atomic mass is 9.90. The number of benzene rings is 1. The number of halogens is 4. The molecule has 1 aromatic rings. The molecule has 0 spiro atoms. The highest BCUT2D eigenvalue weighted by Gasteiger charge is 2.61. The first-order chi connectivity index (χ1) is 10.6. The first kappa shape index (κ1) is 19.0. The Labute approximate surface area is 130 Å². The van der Waals surface area contributed by atoms with Crippen molar-refractivity contribution in [2.75, 3.05) is 13.7 Å². The first-order valence-electron chi connectivity index (χ1n) is 6.55. The molecule has 0 radical (unpaired) electrons. The molecular formula is C15H16F4O4. The predicted molar refractivity (Wildman–Crippen MR) is 74.2 cm³/mol. The normalized spacial score (nSPS) is 14.0. The molecule has 0 heterocycles. The summed E-state index contributed by atoms with van der Waals surface area (Å²) in [5.41, 5.74) is -4.19. The fourth-order valence-corrected chi connectivity index (χ4v) is 1.94. The molecule has 0 fully saturated rings. The summed E-state index contributed by atoms with van der Waals surface area (Å²) in [6.07, 6.45) is -6.50. The van der Waals surface area contributed by atoms with Crippen LogP contribution in [0.1, 0.15) is 18.9 Å². The Morgan fingerprint density at radius 1 is 1.35 bits per heavy atom. The van der Waals surface area contributed by atoms with Crippen LogP contribution in [-0.4, -0.2) is 36.6 Å². The Bertz CT molecular complexity index is 598. The molecule has 0 aliphatic heterocycles. The lowest BCUT2D eigenvalue weighted by molar-refractivity contribution is -0.260. The smallest absolute Gasteiger partial charge is 0.428 e. The number of alkyl halides is 3. The zero-order valence-electron chi connectivity index (χ0n) is 12.5. The second-order valence-electron chi connectivity index (χ2n) is 4.68. The van der Waals surface area contributed by atoms with Gasteiger partial charge < -0.3 is 14.6 Å². The van der Waals surface area contributed by atoms with E-state index in [0.717, 1.165) is 13.2 Å². The number of aliphatic hydroxyl groups is 1. The average molecular weight is 336 g/mol. The van der Waals surface area contributed by atoms with Gasteiger partial charge in [-0.05, 0) is 18.6 Å². The summed E-state index contributed by atoms with van der Waals surface area (Å²) < 4.78 is 62.1. The third kappa shape index (κ3) is 3.82. The zero-order valence-corrected chi connectivity index (χ0v) is 12.5. The number of rotatable bonds is 6. The Hall–Kier alpha value is -2.09. The van der Waals surface area contributed by atoms with Crippen molar-refractivity contribution < 1.29 is 36.9 Å². The van der Waals surface area contributed by atoms with E-state index in [9.17, 15) is 27.5 Å². The second-order valence-corrected chi connectivity index (χ2v) is 4.68. The number of esters is 1. The van der Waals surface area contributed by atoms with Crippen molar-refractivity contribution in [3.8, 4) is 5.75 Å². The third-order valence-corrected chi connectivity index (χ3v) is 3.10. The van der Waals surface area contributed by atoms with Gasteiger partial charge in [-0.15, -0.1) is 0 Å². The standard InChI is InChI=1S/C15H16F4O4/c1-4-23-13(20)14(21,15(17,18)19)8-9(2)10-6-5-7-11(16)12(10)22-3/h5-7,21H,2,4,8H2,1,3H3. The summed E-state index contributed by atoms with van der Waals surface area (Å²) in [6.45, 7) is 4.37. The lowest BCUT2D eigenvalue weighted by Gasteiger charge is -2.29. The molecule has 8 heteroatoms. The van der Waals surface area contributed by atoms with Crippen LogP contribution < -0.4 is 4.74 Å². The van der Waals surface area contributed by atoms with E-state index in [2.05, 4.69) is 11.3 Å².